The SMILES string of the molecule is C#C[C](C(F)(C(F)F)C(F)(F)F)C(F)(C(F)F)C(F)(F)F. The quantitative estimate of drug-likeness (QED) is 0.530. The van der Waals surface area contributed by atoms with E-state index >= 15 is 0 Å². The Balaban J connectivity index is 6.41. The maximum Gasteiger partial charge on any atom is 0.429 e. The van der Waals surface area contributed by atoms with Gasteiger partial charge in [0.2, 0.25) is 0 Å². The maximum atomic E-state index is 13.3. The van der Waals surface area contributed by atoms with E-state index in [1.807, 2.05) is 0 Å². The Hall–Kier alpha value is -1.28. The van der Waals surface area contributed by atoms with Gasteiger partial charge < -0.3 is 0 Å². The van der Waals surface area contributed by atoms with Gasteiger partial charge in [0.05, 0.1) is 0 Å². The highest BCUT2D eigenvalue weighted by Crippen LogP contribution is 2.56. The van der Waals surface area contributed by atoms with Crippen LogP contribution in [0.1, 0.15) is 0 Å². The van der Waals surface area contributed by atoms with Crippen LogP contribution in [0.2, 0.25) is 0 Å². The Kier molecular flexibility index (Phi) is 5.16. The second-order valence-electron chi connectivity index (χ2n) is 3.54. The van der Waals surface area contributed by atoms with E-state index in [2.05, 4.69) is 6.42 Å². The molecule has 123 valence electrons. The van der Waals surface area contributed by atoms with Crippen LogP contribution in [0.5, 0.6) is 0 Å². The Morgan fingerprint density at radius 3 is 1.00 bits per heavy atom. The molecule has 21 heavy (non-hydrogen) atoms. The predicted molar refractivity (Wildman–Crippen MR) is 43.9 cm³/mol. The molecule has 0 bridgehead atoms. The summed E-state index contributed by atoms with van der Waals surface area (Å²) in [5.41, 5.74) is -12.8. The first-order valence-electron chi connectivity index (χ1n) is 4.50. The second-order valence-corrected chi connectivity index (χ2v) is 3.54. The minimum atomic E-state index is -6.86. The van der Waals surface area contributed by atoms with E-state index in [1.165, 1.54) is 0 Å². The fraction of sp³-hybridized carbons (Fsp3) is 0.667. The van der Waals surface area contributed by atoms with Gasteiger partial charge >= 0.3 is 12.4 Å². The molecular formula is C9H3F12. The predicted octanol–water partition coefficient (Wildman–Crippen LogP) is 4.27. The number of terminal acetylenes is 1. The highest BCUT2D eigenvalue weighted by molar-refractivity contribution is 5.40. The van der Waals surface area contributed by atoms with Crippen LogP contribution in [0.4, 0.5) is 52.7 Å². The van der Waals surface area contributed by atoms with E-state index in [9.17, 15) is 52.7 Å². The Labute approximate surface area is 109 Å². The van der Waals surface area contributed by atoms with Crippen molar-refractivity contribution in [1.82, 2.24) is 0 Å². The molecule has 0 spiro atoms. The lowest BCUT2D eigenvalue weighted by Gasteiger charge is -2.39. The zero-order valence-electron chi connectivity index (χ0n) is 9.27. The maximum absolute atomic E-state index is 13.3. The van der Waals surface area contributed by atoms with Crippen molar-refractivity contribution in [3.8, 4) is 12.3 Å². The van der Waals surface area contributed by atoms with Crippen LogP contribution in [0, 0.1) is 18.3 Å². The molecule has 0 aliphatic rings. The molecule has 0 aromatic carbocycles. The molecular weight excluding hydrogens is 336 g/mol. The smallest absolute Gasteiger partial charge is 0.225 e. The van der Waals surface area contributed by atoms with Gasteiger partial charge in [0.1, 0.15) is 0 Å². The Morgan fingerprint density at radius 1 is 0.667 bits per heavy atom. The number of alkyl halides is 12. The van der Waals surface area contributed by atoms with Gasteiger partial charge in [-0.2, -0.15) is 26.3 Å². The highest BCUT2D eigenvalue weighted by atomic mass is 19.4. The van der Waals surface area contributed by atoms with Crippen LogP contribution in [0.3, 0.4) is 0 Å². The molecule has 0 N–H and O–H groups in total. The average Bonchev–Trinajstić information content (AvgIpc) is 2.25. The fourth-order valence-corrected chi connectivity index (χ4v) is 1.22. The zero-order valence-corrected chi connectivity index (χ0v) is 9.27. The number of hydrogen-bond donors (Lipinski definition) is 0. The molecule has 0 aliphatic heterocycles. The minimum absolute atomic E-state index is 0.0257. The van der Waals surface area contributed by atoms with Gasteiger partial charge in [-0.05, 0) is 0 Å². The molecule has 0 aromatic heterocycles. The highest BCUT2D eigenvalue weighted by Gasteiger charge is 2.80. The standard InChI is InChI=1S/C9H3F12/c1-2-3(6(14,4(10)11)8(16,17)18)7(15,5(12)13)9(19,20)21/h1,4-5H. The first kappa shape index (κ1) is 19.7. The van der Waals surface area contributed by atoms with Crippen LogP contribution < -0.4 is 0 Å². The van der Waals surface area contributed by atoms with Crippen LogP contribution in [-0.4, -0.2) is 36.5 Å². The van der Waals surface area contributed by atoms with Gasteiger partial charge in [-0.1, -0.05) is 5.92 Å². The molecule has 0 fully saturated rings. The lowest BCUT2D eigenvalue weighted by Crippen LogP contribution is -2.64. The van der Waals surface area contributed by atoms with Gasteiger partial charge in [-0.3, -0.25) is 0 Å². The summed E-state index contributed by atoms with van der Waals surface area (Å²) in [7, 11) is 0. The summed E-state index contributed by atoms with van der Waals surface area (Å²) < 4.78 is 149. The molecule has 2 unspecified atom stereocenters. The molecule has 0 rings (SSSR count). The van der Waals surface area contributed by atoms with Gasteiger partial charge in [0.25, 0.3) is 24.2 Å². The van der Waals surface area contributed by atoms with Crippen LogP contribution in [-0.2, 0) is 0 Å². The van der Waals surface area contributed by atoms with Gasteiger partial charge in [0, 0.05) is 0 Å². The summed E-state index contributed by atoms with van der Waals surface area (Å²) in [6.45, 7) is 0. The molecule has 0 amide bonds. The summed E-state index contributed by atoms with van der Waals surface area (Å²) in [6, 6.07) is 0. The van der Waals surface area contributed by atoms with Crippen molar-refractivity contribution >= 4 is 0 Å². The van der Waals surface area contributed by atoms with E-state index in [1.54, 1.807) is 0 Å². The normalized spacial score (nSPS) is 19.5. The summed E-state index contributed by atoms with van der Waals surface area (Å²) >= 11 is 0. The van der Waals surface area contributed by atoms with Crippen molar-refractivity contribution in [2.45, 2.75) is 36.5 Å². The second kappa shape index (κ2) is 5.49. The first-order chi connectivity index (χ1) is 9.08. The van der Waals surface area contributed by atoms with Gasteiger partial charge in [-0.25, -0.2) is 26.3 Å². The van der Waals surface area contributed by atoms with Crippen molar-refractivity contribution in [1.29, 1.82) is 0 Å². The summed E-state index contributed by atoms with van der Waals surface area (Å²) in [5.74, 6) is -3.77. The lowest BCUT2D eigenvalue weighted by molar-refractivity contribution is -0.301. The Bertz CT molecular complexity index is 368. The van der Waals surface area contributed by atoms with E-state index in [0.717, 1.165) is 0 Å². The topological polar surface area (TPSA) is 0 Å². The van der Waals surface area contributed by atoms with Crippen molar-refractivity contribution < 1.29 is 52.7 Å². The summed E-state index contributed by atoms with van der Waals surface area (Å²) in [5, 5.41) is 0. The van der Waals surface area contributed by atoms with E-state index in [-0.39, 0.29) is 5.92 Å². The van der Waals surface area contributed by atoms with Crippen molar-refractivity contribution in [3.05, 3.63) is 5.92 Å². The largest absolute Gasteiger partial charge is 0.429 e. The molecule has 0 heterocycles. The Morgan fingerprint density at radius 2 is 0.905 bits per heavy atom. The summed E-state index contributed by atoms with van der Waals surface area (Å²) in [6.07, 6.45) is -20.5. The summed E-state index contributed by atoms with van der Waals surface area (Å²) in [4.78, 5) is 0. The molecule has 0 saturated heterocycles. The molecule has 0 nitrogen and oxygen atoms in total. The van der Waals surface area contributed by atoms with Crippen LogP contribution in [0.25, 0.3) is 0 Å². The third-order valence-electron chi connectivity index (χ3n) is 2.30. The van der Waals surface area contributed by atoms with E-state index < -0.39 is 42.5 Å². The fourth-order valence-electron chi connectivity index (χ4n) is 1.22. The van der Waals surface area contributed by atoms with Gasteiger partial charge in [0.15, 0.2) is 5.92 Å². The van der Waals surface area contributed by atoms with E-state index in [0.29, 0.717) is 0 Å². The first-order valence-corrected chi connectivity index (χ1v) is 4.50. The monoisotopic (exact) mass is 339 g/mol. The van der Waals surface area contributed by atoms with Crippen molar-refractivity contribution in [3.63, 3.8) is 0 Å². The van der Waals surface area contributed by atoms with Crippen LogP contribution >= 0.6 is 0 Å². The minimum Gasteiger partial charge on any atom is -0.225 e. The van der Waals surface area contributed by atoms with Gasteiger partial charge in [-0.15, -0.1) is 6.42 Å². The molecule has 0 aromatic rings. The third-order valence-corrected chi connectivity index (χ3v) is 2.30. The molecule has 2 atom stereocenters. The van der Waals surface area contributed by atoms with Crippen LogP contribution in [0.15, 0.2) is 0 Å². The number of rotatable bonds is 4. The number of halogens is 12. The average molecular weight is 339 g/mol. The van der Waals surface area contributed by atoms with E-state index in [4.69, 9.17) is 0 Å². The molecule has 0 saturated carbocycles. The molecule has 1 radical (unpaired) electrons. The zero-order chi connectivity index (χ0) is 17.4. The lowest BCUT2D eigenvalue weighted by atomic mass is 9.76. The number of hydrogen-bond acceptors (Lipinski definition) is 0. The van der Waals surface area contributed by atoms with Crippen molar-refractivity contribution in [2.24, 2.45) is 0 Å². The molecule has 12 heteroatoms. The van der Waals surface area contributed by atoms with Crippen molar-refractivity contribution in [2.75, 3.05) is 0 Å². The third kappa shape index (κ3) is 2.87. The molecule has 0 aliphatic carbocycles.